The summed E-state index contributed by atoms with van der Waals surface area (Å²) in [5.74, 6) is -3.60. The van der Waals surface area contributed by atoms with Crippen LogP contribution in [-0.2, 0) is 12.8 Å². The smallest absolute Gasteiger partial charge is 0.432 e. The number of nitrogens with zero attached hydrogens (tertiary/aromatic N) is 1. The van der Waals surface area contributed by atoms with Gasteiger partial charge in [0, 0.05) is 17.3 Å². The Kier molecular flexibility index (Phi) is 6.36. The molecule has 0 unspecified atom stereocenters. The van der Waals surface area contributed by atoms with E-state index in [2.05, 4.69) is 0 Å². The van der Waals surface area contributed by atoms with E-state index in [4.69, 9.17) is 4.74 Å². The van der Waals surface area contributed by atoms with Crippen LogP contribution in [-0.4, -0.2) is 15.6 Å². The fraction of sp³-hybridized carbons (Fsp3) is 0.0690. The van der Waals surface area contributed by atoms with Crippen molar-refractivity contribution in [3.63, 3.8) is 0 Å². The third kappa shape index (κ3) is 4.58. The minimum Gasteiger partial charge on any atom is -0.488 e. The number of carboxylic acid groups (broad SMARTS) is 1. The first-order valence-corrected chi connectivity index (χ1v) is 11.4. The zero-order valence-electron chi connectivity index (χ0n) is 19.5. The van der Waals surface area contributed by atoms with E-state index in [0.717, 1.165) is 22.3 Å². The van der Waals surface area contributed by atoms with Gasteiger partial charge in [-0.1, -0.05) is 48.5 Å². The molecular weight excluding hydrogens is 505 g/mol. The Balaban J connectivity index is 1.83. The van der Waals surface area contributed by atoms with Crippen molar-refractivity contribution >= 4 is 16.9 Å². The second-order valence-electron chi connectivity index (χ2n) is 8.46. The molecule has 0 atom stereocenters. The molecule has 0 spiro atoms. The first-order valence-electron chi connectivity index (χ1n) is 11.4. The predicted molar refractivity (Wildman–Crippen MR) is 131 cm³/mol. The molecule has 0 aliphatic rings. The summed E-state index contributed by atoms with van der Waals surface area (Å²) in [7, 11) is 0. The molecule has 0 aliphatic heterocycles. The van der Waals surface area contributed by atoms with E-state index >= 15 is 0 Å². The van der Waals surface area contributed by atoms with Gasteiger partial charge in [0.15, 0.2) is 11.6 Å². The topological polar surface area (TPSA) is 51.5 Å². The van der Waals surface area contributed by atoms with Gasteiger partial charge in [0.25, 0.3) is 0 Å². The number of fused-ring (bicyclic) bond motifs is 1. The van der Waals surface area contributed by atoms with E-state index in [9.17, 15) is 31.9 Å². The molecular formula is C29H18F5NO3. The van der Waals surface area contributed by atoms with Crippen LogP contribution in [0, 0.1) is 11.6 Å². The van der Waals surface area contributed by atoms with Crippen molar-refractivity contribution in [2.75, 3.05) is 0 Å². The summed E-state index contributed by atoms with van der Waals surface area (Å²) >= 11 is 0. The first-order chi connectivity index (χ1) is 18.1. The largest absolute Gasteiger partial charge is 0.488 e. The molecule has 0 amide bonds. The second-order valence-corrected chi connectivity index (χ2v) is 8.46. The molecule has 1 N–H and O–H groups in total. The molecule has 0 saturated carbocycles. The maximum Gasteiger partial charge on any atom is 0.432 e. The molecule has 1 aromatic heterocycles. The molecule has 0 radical (unpaired) electrons. The standard InChI is InChI=1S/C29H18F5NO3/c30-21-14-13-20(15-22(21)31)35-23-7-4-8-24(38-16-17-5-2-1-3-6-17)26(23)25(27(35)29(32,33)34)18-9-11-19(12-10-18)28(36)37/h1-15H,16H2,(H,36,37). The Morgan fingerprint density at radius 3 is 2.18 bits per heavy atom. The maximum atomic E-state index is 14.8. The Hall–Kier alpha value is -4.66. The summed E-state index contributed by atoms with van der Waals surface area (Å²) in [5.41, 5.74) is -0.860. The first kappa shape index (κ1) is 25.0. The number of aromatic nitrogens is 1. The fourth-order valence-corrected chi connectivity index (χ4v) is 4.38. The zero-order chi connectivity index (χ0) is 27.0. The summed E-state index contributed by atoms with van der Waals surface area (Å²) < 4.78 is 79.0. The van der Waals surface area contributed by atoms with Crippen molar-refractivity contribution in [2.24, 2.45) is 0 Å². The molecule has 0 saturated heterocycles. The zero-order valence-corrected chi connectivity index (χ0v) is 19.5. The number of hydrogen-bond donors (Lipinski definition) is 1. The number of carboxylic acids is 1. The van der Waals surface area contributed by atoms with Crippen LogP contribution in [0.2, 0.25) is 0 Å². The van der Waals surface area contributed by atoms with E-state index in [-0.39, 0.29) is 45.6 Å². The quantitative estimate of drug-likeness (QED) is 0.231. The Morgan fingerprint density at radius 1 is 0.842 bits per heavy atom. The Labute approximate surface area is 213 Å². The van der Waals surface area contributed by atoms with E-state index < -0.39 is 29.5 Å². The van der Waals surface area contributed by atoms with Gasteiger partial charge >= 0.3 is 12.1 Å². The number of benzene rings is 4. The van der Waals surface area contributed by atoms with Crippen LogP contribution >= 0.6 is 0 Å². The van der Waals surface area contributed by atoms with Crippen molar-refractivity contribution in [2.45, 2.75) is 12.8 Å². The summed E-state index contributed by atoms with van der Waals surface area (Å²) in [4.78, 5) is 11.3. The molecule has 0 bridgehead atoms. The third-order valence-corrected chi connectivity index (χ3v) is 6.04. The lowest BCUT2D eigenvalue weighted by Crippen LogP contribution is -2.14. The van der Waals surface area contributed by atoms with E-state index in [1.54, 1.807) is 24.3 Å². The molecule has 192 valence electrons. The van der Waals surface area contributed by atoms with Crippen LogP contribution in [0.3, 0.4) is 0 Å². The number of aromatic carboxylic acids is 1. The lowest BCUT2D eigenvalue weighted by atomic mass is 9.99. The van der Waals surface area contributed by atoms with Crippen molar-refractivity contribution in [1.29, 1.82) is 0 Å². The summed E-state index contributed by atoms with van der Waals surface area (Å²) in [5, 5.41) is 9.34. The highest BCUT2D eigenvalue weighted by Gasteiger charge is 2.41. The predicted octanol–water partition coefficient (Wildman–Crippen LogP) is 7.87. The Morgan fingerprint density at radius 2 is 1.55 bits per heavy atom. The van der Waals surface area contributed by atoms with Crippen molar-refractivity contribution in [3.8, 4) is 22.6 Å². The molecule has 5 rings (SSSR count). The molecule has 4 aromatic carbocycles. The van der Waals surface area contributed by atoms with Crippen LogP contribution in [0.4, 0.5) is 22.0 Å². The van der Waals surface area contributed by atoms with Crippen LogP contribution < -0.4 is 4.74 Å². The monoisotopic (exact) mass is 523 g/mol. The van der Waals surface area contributed by atoms with Gasteiger partial charge in [-0.05, 0) is 47.5 Å². The molecule has 38 heavy (non-hydrogen) atoms. The lowest BCUT2D eigenvalue weighted by molar-refractivity contribution is -0.141. The average Bonchev–Trinajstić information content (AvgIpc) is 3.26. The van der Waals surface area contributed by atoms with Gasteiger partial charge in [-0.15, -0.1) is 0 Å². The number of hydrogen-bond acceptors (Lipinski definition) is 2. The van der Waals surface area contributed by atoms with E-state index in [1.165, 1.54) is 42.5 Å². The maximum absolute atomic E-state index is 14.8. The van der Waals surface area contributed by atoms with Crippen LogP contribution in [0.15, 0.2) is 91.0 Å². The SMILES string of the molecule is O=C(O)c1ccc(-c2c(C(F)(F)F)n(-c3ccc(F)c(F)c3)c3cccc(OCc4ccccc4)c23)cc1. The summed E-state index contributed by atoms with van der Waals surface area (Å²) in [6, 6.07) is 21.0. The molecule has 0 fully saturated rings. The van der Waals surface area contributed by atoms with Gasteiger partial charge < -0.3 is 14.4 Å². The highest BCUT2D eigenvalue weighted by atomic mass is 19.4. The van der Waals surface area contributed by atoms with Crippen molar-refractivity contribution in [1.82, 2.24) is 4.57 Å². The second kappa shape index (κ2) is 9.66. The van der Waals surface area contributed by atoms with Crippen molar-refractivity contribution in [3.05, 3.63) is 119 Å². The highest BCUT2D eigenvalue weighted by Crippen LogP contribution is 2.48. The molecule has 5 aromatic rings. The normalized spacial score (nSPS) is 11.6. The lowest BCUT2D eigenvalue weighted by Gasteiger charge is -2.15. The number of rotatable bonds is 6. The Bertz CT molecular complexity index is 1640. The van der Waals surface area contributed by atoms with Crippen LogP contribution in [0.25, 0.3) is 27.7 Å². The molecule has 1 heterocycles. The highest BCUT2D eigenvalue weighted by molar-refractivity contribution is 6.04. The minimum atomic E-state index is -4.94. The number of carbonyl (C=O) groups is 1. The molecule has 0 aliphatic carbocycles. The summed E-state index contributed by atoms with van der Waals surface area (Å²) in [6.07, 6.45) is -4.94. The summed E-state index contributed by atoms with van der Waals surface area (Å²) in [6.45, 7) is 0.0645. The van der Waals surface area contributed by atoms with Crippen molar-refractivity contribution < 1.29 is 36.6 Å². The van der Waals surface area contributed by atoms with Gasteiger partial charge in [-0.2, -0.15) is 13.2 Å². The minimum absolute atomic E-state index is 0.0474. The van der Waals surface area contributed by atoms with Gasteiger partial charge in [-0.25, -0.2) is 13.6 Å². The van der Waals surface area contributed by atoms with E-state index in [0.29, 0.717) is 6.07 Å². The van der Waals surface area contributed by atoms with Crippen LogP contribution in [0.1, 0.15) is 21.6 Å². The van der Waals surface area contributed by atoms with Gasteiger partial charge in [0.1, 0.15) is 18.1 Å². The molecule has 4 nitrogen and oxygen atoms in total. The third-order valence-electron chi connectivity index (χ3n) is 6.04. The average molecular weight is 523 g/mol. The number of alkyl halides is 3. The van der Waals surface area contributed by atoms with Crippen LogP contribution in [0.5, 0.6) is 5.75 Å². The fourth-order valence-electron chi connectivity index (χ4n) is 4.38. The molecule has 9 heteroatoms. The number of ether oxygens (including phenoxy) is 1. The van der Waals surface area contributed by atoms with E-state index in [1.807, 2.05) is 6.07 Å². The van der Waals surface area contributed by atoms with Gasteiger partial charge in [0.2, 0.25) is 0 Å². The van der Waals surface area contributed by atoms with Gasteiger partial charge in [-0.3, -0.25) is 0 Å². The van der Waals surface area contributed by atoms with Gasteiger partial charge in [0.05, 0.1) is 16.5 Å². The number of halogens is 5.